The lowest BCUT2D eigenvalue weighted by atomic mass is 10.1. The average Bonchev–Trinajstić information content (AvgIpc) is 2.47. The second-order valence-electron chi connectivity index (χ2n) is 3.91. The topological polar surface area (TPSA) is 64.1 Å². The Kier molecular flexibility index (Phi) is 4.58. The Labute approximate surface area is 111 Å². The molecule has 0 aliphatic rings. The number of pyridine rings is 2. The Morgan fingerprint density at radius 3 is 2.16 bits per heavy atom. The first-order valence-corrected chi connectivity index (χ1v) is 5.97. The van der Waals surface area contributed by atoms with E-state index >= 15 is 0 Å². The summed E-state index contributed by atoms with van der Waals surface area (Å²) in [6, 6.07) is 11.0. The van der Waals surface area contributed by atoms with Crippen molar-refractivity contribution in [1.82, 2.24) is 15.3 Å². The summed E-state index contributed by atoms with van der Waals surface area (Å²) in [4.78, 5) is 20.1. The molecule has 2 heterocycles. The highest BCUT2D eigenvalue weighted by Crippen LogP contribution is 2.22. The smallest absolute Gasteiger partial charge is 0.320 e. The van der Waals surface area contributed by atoms with Gasteiger partial charge in [0.05, 0.1) is 17.9 Å². The van der Waals surface area contributed by atoms with Gasteiger partial charge >= 0.3 is 5.97 Å². The van der Waals surface area contributed by atoms with Crippen LogP contribution in [0.2, 0.25) is 0 Å². The van der Waals surface area contributed by atoms with Gasteiger partial charge in [0.1, 0.15) is 0 Å². The molecule has 2 aromatic heterocycles. The Morgan fingerprint density at radius 2 is 1.74 bits per heavy atom. The summed E-state index contributed by atoms with van der Waals surface area (Å²) in [6.45, 7) is 0.149. The molecule has 2 rings (SSSR count). The molecule has 98 valence electrons. The van der Waals surface area contributed by atoms with E-state index in [4.69, 9.17) is 4.74 Å². The highest BCUT2D eigenvalue weighted by atomic mass is 16.5. The number of nitrogens with one attached hydrogen (secondary N) is 1. The van der Waals surface area contributed by atoms with Crippen molar-refractivity contribution in [3.05, 3.63) is 60.2 Å². The number of carbonyl (C=O) groups excluding carboxylic acids is 1. The first-order valence-electron chi connectivity index (χ1n) is 5.97. The van der Waals surface area contributed by atoms with E-state index in [2.05, 4.69) is 15.3 Å². The van der Waals surface area contributed by atoms with Crippen molar-refractivity contribution in [3.63, 3.8) is 0 Å². The van der Waals surface area contributed by atoms with Crippen molar-refractivity contribution in [2.45, 2.75) is 6.10 Å². The molecule has 0 bridgehead atoms. The zero-order valence-corrected chi connectivity index (χ0v) is 10.6. The standard InChI is InChI=1S/C14H15N3O2/c1-15-10-13(18)19-14(11-6-2-4-8-16-11)12-7-3-5-9-17-12/h2-9,14-15H,10H2,1H3. The fourth-order valence-electron chi connectivity index (χ4n) is 1.65. The summed E-state index contributed by atoms with van der Waals surface area (Å²) < 4.78 is 5.44. The third kappa shape index (κ3) is 3.59. The van der Waals surface area contributed by atoms with Gasteiger partial charge in [0.25, 0.3) is 0 Å². The van der Waals surface area contributed by atoms with Crippen LogP contribution in [0.3, 0.4) is 0 Å². The molecule has 1 N–H and O–H groups in total. The zero-order chi connectivity index (χ0) is 13.5. The molecular formula is C14H15N3O2. The zero-order valence-electron chi connectivity index (χ0n) is 10.6. The summed E-state index contributed by atoms with van der Waals surface area (Å²) in [5, 5.41) is 2.76. The van der Waals surface area contributed by atoms with E-state index in [9.17, 15) is 4.79 Å². The molecule has 0 spiro atoms. The Morgan fingerprint density at radius 1 is 1.16 bits per heavy atom. The maximum absolute atomic E-state index is 11.7. The van der Waals surface area contributed by atoms with Crippen LogP contribution in [-0.2, 0) is 9.53 Å². The number of esters is 1. The fraction of sp³-hybridized carbons (Fsp3) is 0.214. The third-order valence-electron chi connectivity index (χ3n) is 2.48. The molecule has 0 aliphatic heterocycles. The molecule has 0 radical (unpaired) electrons. The van der Waals surface area contributed by atoms with Gasteiger partial charge < -0.3 is 10.1 Å². The van der Waals surface area contributed by atoms with Crippen molar-refractivity contribution in [1.29, 1.82) is 0 Å². The van der Waals surface area contributed by atoms with E-state index in [0.717, 1.165) is 0 Å². The van der Waals surface area contributed by atoms with Gasteiger partial charge in [0.2, 0.25) is 0 Å². The lowest BCUT2D eigenvalue weighted by Crippen LogP contribution is -2.24. The summed E-state index contributed by atoms with van der Waals surface area (Å²) in [5.41, 5.74) is 1.32. The van der Waals surface area contributed by atoms with E-state index in [-0.39, 0.29) is 12.5 Å². The predicted octanol–water partition coefficient (Wildman–Crippen LogP) is 1.33. The van der Waals surface area contributed by atoms with Crippen LogP contribution in [0.5, 0.6) is 0 Å². The molecule has 0 fully saturated rings. The average molecular weight is 257 g/mol. The molecule has 0 saturated carbocycles. The molecule has 0 saturated heterocycles. The molecule has 0 aromatic carbocycles. The number of hydrogen-bond donors (Lipinski definition) is 1. The highest BCUT2D eigenvalue weighted by Gasteiger charge is 2.20. The van der Waals surface area contributed by atoms with Gasteiger partial charge in [0, 0.05) is 12.4 Å². The van der Waals surface area contributed by atoms with Gasteiger partial charge in [-0.3, -0.25) is 14.8 Å². The van der Waals surface area contributed by atoms with E-state index in [1.54, 1.807) is 19.4 Å². The first-order chi connectivity index (χ1) is 9.31. The van der Waals surface area contributed by atoms with E-state index in [0.29, 0.717) is 11.4 Å². The van der Waals surface area contributed by atoms with Crippen molar-refractivity contribution in [2.24, 2.45) is 0 Å². The van der Waals surface area contributed by atoms with Gasteiger partial charge in [-0.25, -0.2) is 0 Å². The van der Waals surface area contributed by atoms with Crippen molar-refractivity contribution < 1.29 is 9.53 Å². The molecule has 19 heavy (non-hydrogen) atoms. The van der Waals surface area contributed by atoms with Gasteiger partial charge in [-0.15, -0.1) is 0 Å². The number of nitrogens with zero attached hydrogens (tertiary/aromatic N) is 2. The molecule has 0 unspecified atom stereocenters. The van der Waals surface area contributed by atoms with Crippen molar-refractivity contribution in [2.75, 3.05) is 13.6 Å². The Balaban J connectivity index is 2.26. The van der Waals surface area contributed by atoms with Crippen LogP contribution in [0.15, 0.2) is 48.8 Å². The number of aromatic nitrogens is 2. The van der Waals surface area contributed by atoms with E-state index in [1.165, 1.54) is 0 Å². The number of likely N-dealkylation sites (N-methyl/N-ethyl adjacent to an activating group) is 1. The second-order valence-corrected chi connectivity index (χ2v) is 3.91. The molecule has 0 aliphatic carbocycles. The lowest BCUT2D eigenvalue weighted by Gasteiger charge is -2.16. The van der Waals surface area contributed by atoms with Gasteiger partial charge in [-0.05, 0) is 31.3 Å². The number of ether oxygens (including phenoxy) is 1. The van der Waals surface area contributed by atoms with E-state index < -0.39 is 6.10 Å². The molecule has 2 aromatic rings. The maximum atomic E-state index is 11.7. The number of rotatable bonds is 5. The molecule has 0 amide bonds. The van der Waals surface area contributed by atoms with Crippen LogP contribution in [0.25, 0.3) is 0 Å². The minimum absolute atomic E-state index is 0.149. The Hall–Kier alpha value is -2.27. The van der Waals surface area contributed by atoms with Crippen LogP contribution in [0.4, 0.5) is 0 Å². The molecule has 0 atom stereocenters. The van der Waals surface area contributed by atoms with Crippen LogP contribution in [-0.4, -0.2) is 29.5 Å². The predicted molar refractivity (Wildman–Crippen MR) is 70.3 cm³/mol. The number of hydrogen-bond acceptors (Lipinski definition) is 5. The molecular weight excluding hydrogens is 242 g/mol. The SMILES string of the molecule is CNCC(=O)OC(c1ccccn1)c1ccccn1. The second kappa shape index (κ2) is 6.61. The highest BCUT2D eigenvalue weighted by molar-refractivity contribution is 5.72. The van der Waals surface area contributed by atoms with Crippen LogP contribution in [0, 0.1) is 0 Å². The van der Waals surface area contributed by atoms with Crippen LogP contribution >= 0.6 is 0 Å². The van der Waals surface area contributed by atoms with E-state index in [1.807, 2.05) is 36.4 Å². The quantitative estimate of drug-likeness (QED) is 0.819. The molecule has 5 nitrogen and oxygen atoms in total. The summed E-state index contributed by atoms with van der Waals surface area (Å²) in [6.07, 6.45) is 2.75. The Bertz CT molecular complexity index is 477. The minimum atomic E-state index is -0.580. The van der Waals surface area contributed by atoms with Gasteiger partial charge in [0.15, 0.2) is 6.10 Å². The summed E-state index contributed by atoms with van der Waals surface area (Å²) >= 11 is 0. The summed E-state index contributed by atoms with van der Waals surface area (Å²) in [7, 11) is 1.69. The molecule has 5 heteroatoms. The monoisotopic (exact) mass is 257 g/mol. The summed E-state index contributed by atoms with van der Waals surface area (Å²) in [5.74, 6) is -0.344. The minimum Gasteiger partial charge on any atom is -0.448 e. The van der Waals surface area contributed by atoms with Gasteiger partial charge in [-0.1, -0.05) is 12.1 Å². The largest absolute Gasteiger partial charge is 0.448 e. The van der Waals surface area contributed by atoms with Gasteiger partial charge in [-0.2, -0.15) is 0 Å². The normalized spacial score (nSPS) is 10.4. The van der Waals surface area contributed by atoms with Crippen molar-refractivity contribution >= 4 is 5.97 Å². The third-order valence-corrected chi connectivity index (χ3v) is 2.48. The number of carbonyl (C=O) groups is 1. The van der Waals surface area contributed by atoms with Crippen LogP contribution < -0.4 is 5.32 Å². The first kappa shape index (κ1) is 13.2. The van der Waals surface area contributed by atoms with Crippen LogP contribution in [0.1, 0.15) is 17.5 Å². The fourth-order valence-corrected chi connectivity index (χ4v) is 1.65. The van der Waals surface area contributed by atoms with Crippen molar-refractivity contribution in [3.8, 4) is 0 Å². The maximum Gasteiger partial charge on any atom is 0.320 e. The lowest BCUT2D eigenvalue weighted by molar-refractivity contribution is -0.146.